The molecule has 114 valence electrons. The predicted octanol–water partition coefficient (Wildman–Crippen LogP) is -1.62. The lowest BCUT2D eigenvalue weighted by molar-refractivity contribution is -0.117. The van der Waals surface area contributed by atoms with Gasteiger partial charge in [0, 0.05) is 0 Å². The maximum atomic E-state index is 9.95. The van der Waals surface area contributed by atoms with Gasteiger partial charge in [-0.1, -0.05) is 18.2 Å². The minimum atomic E-state index is -1.70. The van der Waals surface area contributed by atoms with Crippen LogP contribution in [0.15, 0.2) is 36.5 Å². The lowest BCUT2D eigenvalue weighted by Gasteiger charge is -2.24. The second-order valence-corrected chi connectivity index (χ2v) is 4.57. The number of para-hydroxylation sites is 1. The summed E-state index contributed by atoms with van der Waals surface area (Å²) >= 11 is 0. The van der Waals surface area contributed by atoms with Gasteiger partial charge in [-0.3, -0.25) is 0 Å². The fourth-order valence-electron chi connectivity index (χ4n) is 1.79. The first kappa shape index (κ1) is 15.5. The van der Waals surface area contributed by atoms with Gasteiger partial charge >= 0.3 is 0 Å². The SMILES string of the molecule is OC[C@@H](O)[C@@H](O)[C@H](O)[C@@H](O)c1cnn(-c2ccccc2)n1. The largest absolute Gasteiger partial charge is 0.394 e. The molecule has 5 N–H and O–H groups in total. The molecule has 21 heavy (non-hydrogen) atoms. The van der Waals surface area contributed by atoms with Crippen LogP contribution >= 0.6 is 0 Å². The molecule has 2 rings (SSSR count). The zero-order chi connectivity index (χ0) is 15.4. The van der Waals surface area contributed by atoms with Crippen molar-refractivity contribution in [2.75, 3.05) is 6.61 Å². The predicted molar refractivity (Wildman–Crippen MR) is 71.4 cm³/mol. The van der Waals surface area contributed by atoms with Crippen LogP contribution in [-0.2, 0) is 0 Å². The van der Waals surface area contributed by atoms with Crippen molar-refractivity contribution in [2.24, 2.45) is 0 Å². The Morgan fingerprint density at radius 2 is 1.67 bits per heavy atom. The summed E-state index contributed by atoms with van der Waals surface area (Å²) in [5.74, 6) is 0. The molecular formula is C13H17N3O5. The van der Waals surface area contributed by atoms with Gasteiger partial charge in [0.05, 0.1) is 18.5 Å². The molecule has 1 aromatic heterocycles. The van der Waals surface area contributed by atoms with Crippen LogP contribution < -0.4 is 0 Å². The number of hydrogen-bond acceptors (Lipinski definition) is 7. The Morgan fingerprint density at radius 3 is 2.29 bits per heavy atom. The van der Waals surface area contributed by atoms with Crippen LogP contribution in [0.4, 0.5) is 0 Å². The third-order valence-corrected chi connectivity index (χ3v) is 3.05. The van der Waals surface area contributed by atoms with Gasteiger partial charge in [0.15, 0.2) is 0 Å². The molecule has 8 heteroatoms. The topological polar surface area (TPSA) is 132 Å². The minimum Gasteiger partial charge on any atom is -0.394 e. The summed E-state index contributed by atoms with van der Waals surface area (Å²) < 4.78 is 0. The molecule has 2 aromatic rings. The molecule has 1 aromatic carbocycles. The van der Waals surface area contributed by atoms with Crippen LogP contribution in [-0.4, -0.2) is 65.4 Å². The number of nitrogens with zero attached hydrogens (tertiary/aromatic N) is 3. The molecule has 0 unspecified atom stereocenters. The van der Waals surface area contributed by atoms with Crippen LogP contribution in [0.1, 0.15) is 11.8 Å². The van der Waals surface area contributed by atoms with Crippen molar-refractivity contribution in [3.8, 4) is 5.69 Å². The number of rotatable bonds is 6. The molecule has 0 saturated carbocycles. The van der Waals surface area contributed by atoms with Gasteiger partial charge in [-0.05, 0) is 12.1 Å². The van der Waals surface area contributed by atoms with E-state index in [4.69, 9.17) is 5.11 Å². The number of aromatic nitrogens is 3. The van der Waals surface area contributed by atoms with Crippen molar-refractivity contribution in [3.05, 3.63) is 42.2 Å². The van der Waals surface area contributed by atoms with E-state index < -0.39 is 31.0 Å². The monoisotopic (exact) mass is 295 g/mol. The molecule has 0 fully saturated rings. The Bertz CT molecular complexity index is 562. The van der Waals surface area contributed by atoms with Gasteiger partial charge in [0.1, 0.15) is 30.1 Å². The maximum absolute atomic E-state index is 9.95. The molecule has 0 radical (unpaired) electrons. The summed E-state index contributed by atoms with van der Waals surface area (Å²) in [6.07, 6.45) is -5.25. The van der Waals surface area contributed by atoms with Gasteiger partial charge in [-0.2, -0.15) is 15.0 Å². The average molecular weight is 295 g/mol. The minimum absolute atomic E-state index is 0.0375. The van der Waals surface area contributed by atoms with Gasteiger partial charge < -0.3 is 25.5 Å². The van der Waals surface area contributed by atoms with Gasteiger partial charge in [0.2, 0.25) is 0 Å². The zero-order valence-corrected chi connectivity index (χ0v) is 11.1. The van der Waals surface area contributed by atoms with E-state index in [2.05, 4.69) is 10.2 Å². The zero-order valence-electron chi connectivity index (χ0n) is 11.1. The van der Waals surface area contributed by atoms with E-state index in [1.54, 1.807) is 24.3 Å². The molecule has 8 nitrogen and oxygen atoms in total. The Kier molecular flexibility index (Phi) is 4.99. The second-order valence-electron chi connectivity index (χ2n) is 4.57. The molecular weight excluding hydrogens is 278 g/mol. The second kappa shape index (κ2) is 6.74. The molecule has 4 atom stereocenters. The van der Waals surface area contributed by atoms with E-state index in [1.807, 2.05) is 6.07 Å². The summed E-state index contributed by atoms with van der Waals surface area (Å²) in [5, 5.41) is 55.2. The first-order chi connectivity index (χ1) is 10.0. The van der Waals surface area contributed by atoms with Crippen molar-refractivity contribution >= 4 is 0 Å². The van der Waals surface area contributed by atoms with E-state index >= 15 is 0 Å². The number of aliphatic hydroxyl groups excluding tert-OH is 5. The quantitative estimate of drug-likeness (QED) is 0.432. The maximum Gasteiger partial charge on any atom is 0.128 e. The van der Waals surface area contributed by atoms with Crippen LogP contribution in [0.25, 0.3) is 5.69 Å². The van der Waals surface area contributed by atoms with Crippen LogP contribution in [0.5, 0.6) is 0 Å². The highest BCUT2D eigenvalue weighted by Crippen LogP contribution is 2.18. The fourth-order valence-corrected chi connectivity index (χ4v) is 1.79. The van der Waals surface area contributed by atoms with Crippen LogP contribution in [0.2, 0.25) is 0 Å². The van der Waals surface area contributed by atoms with E-state index in [0.717, 1.165) is 0 Å². The lowest BCUT2D eigenvalue weighted by atomic mass is 10.0. The highest BCUT2D eigenvalue weighted by atomic mass is 16.4. The van der Waals surface area contributed by atoms with Crippen molar-refractivity contribution < 1.29 is 25.5 Å². The Morgan fingerprint density at radius 1 is 1.00 bits per heavy atom. The van der Waals surface area contributed by atoms with Crippen LogP contribution in [0, 0.1) is 0 Å². The van der Waals surface area contributed by atoms with Crippen molar-refractivity contribution in [1.29, 1.82) is 0 Å². The molecule has 1 heterocycles. The third kappa shape index (κ3) is 3.43. The molecule has 0 amide bonds. The van der Waals surface area contributed by atoms with E-state index in [-0.39, 0.29) is 5.69 Å². The summed E-state index contributed by atoms with van der Waals surface area (Å²) in [7, 11) is 0. The Labute approximate surface area is 120 Å². The highest BCUT2D eigenvalue weighted by molar-refractivity contribution is 5.28. The van der Waals surface area contributed by atoms with E-state index in [1.165, 1.54) is 11.0 Å². The van der Waals surface area contributed by atoms with Crippen molar-refractivity contribution in [3.63, 3.8) is 0 Å². The van der Waals surface area contributed by atoms with Gasteiger partial charge in [0.25, 0.3) is 0 Å². The molecule has 0 spiro atoms. The van der Waals surface area contributed by atoms with Crippen molar-refractivity contribution in [1.82, 2.24) is 15.0 Å². The summed E-state index contributed by atoms with van der Waals surface area (Å²) in [6.45, 7) is -0.734. The number of aliphatic hydroxyl groups is 5. The number of hydrogen-bond donors (Lipinski definition) is 5. The summed E-state index contributed by atoms with van der Waals surface area (Å²) in [4.78, 5) is 1.26. The standard InChI is InChI=1S/C13H17N3O5/c17-7-10(18)12(20)13(21)11(19)9-6-14-16(15-9)8-4-2-1-3-5-8/h1-6,10-13,17-21H,7H2/t10-,11+,12-,13-/m1/s1. The fraction of sp³-hybridized carbons (Fsp3) is 0.385. The van der Waals surface area contributed by atoms with Gasteiger partial charge in [-0.15, -0.1) is 0 Å². The molecule has 0 aliphatic heterocycles. The Hall–Kier alpha value is -1.84. The smallest absolute Gasteiger partial charge is 0.128 e. The number of benzene rings is 1. The average Bonchev–Trinajstić information content (AvgIpc) is 3.02. The van der Waals surface area contributed by atoms with E-state index in [9.17, 15) is 20.4 Å². The highest BCUT2D eigenvalue weighted by Gasteiger charge is 2.32. The first-order valence-electron chi connectivity index (χ1n) is 6.35. The lowest BCUT2D eigenvalue weighted by Crippen LogP contribution is -2.42. The Balaban J connectivity index is 2.14. The third-order valence-electron chi connectivity index (χ3n) is 3.05. The molecule has 0 aliphatic rings. The molecule has 0 saturated heterocycles. The van der Waals surface area contributed by atoms with Crippen molar-refractivity contribution in [2.45, 2.75) is 24.4 Å². The summed E-state index contributed by atoms with van der Waals surface area (Å²) in [6, 6.07) is 8.95. The van der Waals surface area contributed by atoms with Crippen LogP contribution in [0.3, 0.4) is 0 Å². The summed E-state index contributed by atoms with van der Waals surface area (Å²) in [5.41, 5.74) is 0.705. The normalized spacial score (nSPS) is 17.2. The first-order valence-corrected chi connectivity index (χ1v) is 6.35. The molecule has 0 bridgehead atoms. The molecule has 0 aliphatic carbocycles. The van der Waals surface area contributed by atoms with E-state index in [0.29, 0.717) is 5.69 Å². The van der Waals surface area contributed by atoms with Gasteiger partial charge in [-0.25, -0.2) is 0 Å².